The highest BCUT2D eigenvalue weighted by Gasteiger charge is 2.32. The first-order valence-corrected chi connectivity index (χ1v) is 11.9. The molecule has 0 bridgehead atoms. The van der Waals surface area contributed by atoms with Gasteiger partial charge in [0.1, 0.15) is 0 Å². The molecule has 152 valence electrons. The van der Waals surface area contributed by atoms with Crippen LogP contribution in [0.25, 0.3) is 10.2 Å². The van der Waals surface area contributed by atoms with Crippen molar-refractivity contribution >= 4 is 37.5 Å². The lowest BCUT2D eigenvalue weighted by Gasteiger charge is -2.31. The van der Waals surface area contributed by atoms with Gasteiger partial charge >= 0.3 is 5.97 Å². The van der Waals surface area contributed by atoms with Crippen molar-refractivity contribution < 1.29 is 17.9 Å². The van der Waals surface area contributed by atoms with Gasteiger partial charge in [0.2, 0.25) is 10.0 Å². The van der Waals surface area contributed by atoms with Crippen molar-refractivity contribution in [2.45, 2.75) is 30.6 Å². The second-order valence-electron chi connectivity index (χ2n) is 6.97. The summed E-state index contributed by atoms with van der Waals surface area (Å²) in [6, 6.07) is 13.9. The van der Waals surface area contributed by atoms with Gasteiger partial charge in [0.25, 0.3) is 0 Å². The van der Waals surface area contributed by atoms with Crippen LogP contribution in [0.2, 0.25) is 0 Å². The van der Waals surface area contributed by atoms with E-state index in [0.717, 1.165) is 28.1 Å². The zero-order valence-electron chi connectivity index (χ0n) is 16.1. The number of ether oxygens (including phenoxy) is 1. The number of hydrogen-bond acceptors (Lipinski definition) is 6. The first-order valence-electron chi connectivity index (χ1n) is 9.62. The van der Waals surface area contributed by atoms with Crippen LogP contribution < -0.4 is 0 Å². The molecule has 2 aromatic carbocycles. The van der Waals surface area contributed by atoms with Crippen LogP contribution in [0.5, 0.6) is 0 Å². The Morgan fingerprint density at radius 3 is 2.69 bits per heavy atom. The molecule has 0 radical (unpaired) electrons. The Hall–Kier alpha value is -2.29. The Morgan fingerprint density at radius 1 is 1.21 bits per heavy atom. The number of piperidine rings is 1. The Labute approximate surface area is 174 Å². The summed E-state index contributed by atoms with van der Waals surface area (Å²) in [6.45, 7) is 2.92. The van der Waals surface area contributed by atoms with Gasteiger partial charge in [-0.05, 0) is 56.2 Å². The van der Waals surface area contributed by atoms with Crippen molar-refractivity contribution in [3.05, 3.63) is 59.1 Å². The number of sulfonamides is 1. The van der Waals surface area contributed by atoms with E-state index in [9.17, 15) is 13.2 Å². The van der Waals surface area contributed by atoms with Crippen LogP contribution in [0, 0.1) is 0 Å². The van der Waals surface area contributed by atoms with E-state index in [1.54, 1.807) is 18.3 Å². The lowest BCUT2D eigenvalue weighted by molar-refractivity contribution is 0.0526. The largest absolute Gasteiger partial charge is 0.462 e. The van der Waals surface area contributed by atoms with Gasteiger partial charge in [-0.1, -0.05) is 12.1 Å². The van der Waals surface area contributed by atoms with Crippen LogP contribution in [-0.4, -0.2) is 43.4 Å². The summed E-state index contributed by atoms with van der Waals surface area (Å²) in [4.78, 5) is 16.7. The van der Waals surface area contributed by atoms with Crippen molar-refractivity contribution in [1.82, 2.24) is 9.29 Å². The molecule has 0 N–H and O–H groups in total. The molecule has 0 amide bonds. The summed E-state index contributed by atoms with van der Waals surface area (Å²) in [6.07, 6.45) is 1.72. The molecule has 3 aromatic rings. The molecule has 0 aliphatic carbocycles. The highest BCUT2D eigenvalue weighted by molar-refractivity contribution is 7.89. The maximum atomic E-state index is 13.1. The molecule has 0 saturated carbocycles. The predicted molar refractivity (Wildman–Crippen MR) is 113 cm³/mol. The summed E-state index contributed by atoms with van der Waals surface area (Å²) in [5.41, 5.74) is 1.30. The number of esters is 1. The van der Waals surface area contributed by atoms with Gasteiger partial charge in [0.15, 0.2) is 0 Å². The molecule has 1 atom stereocenters. The highest BCUT2D eigenvalue weighted by Crippen LogP contribution is 2.34. The van der Waals surface area contributed by atoms with Crippen molar-refractivity contribution in [2.24, 2.45) is 0 Å². The van der Waals surface area contributed by atoms with Gasteiger partial charge in [0, 0.05) is 19.0 Å². The molecule has 1 aliphatic heterocycles. The van der Waals surface area contributed by atoms with Gasteiger partial charge < -0.3 is 4.74 Å². The fraction of sp³-hybridized carbons (Fsp3) is 0.333. The molecule has 2 heterocycles. The second-order valence-corrected chi connectivity index (χ2v) is 9.97. The van der Waals surface area contributed by atoms with Crippen LogP contribution in [0.3, 0.4) is 0 Å². The predicted octanol–water partition coefficient (Wildman–Crippen LogP) is 4.04. The zero-order chi connectivity index (χ0) is 20.4. The van der Waals surface area contributed by atoms with E-state index in [1.807, 2.05) is 24.3 Å². The summed E-state index contributed by atoms with van der Waals surface area (Å²) in [7, 11) is -3.63. The summed E-state index contributed by atoms with van der Waals surface area (Å²) < 4.78 is 33.9. The van der Waals surface area contributed by atoms with Crippen molar-refractivity contribution in [2.75, 3.05) is 19.7 Å². The normalized spacial score (nSPS) is 18.0. The first-order chi connectivity index (χ1) is 14.0. The number of nitrogens with zero attached hydrogens (tertiary/aromatic N) is 2. The quantitative estimate of drug-likeness (QED) is 0.571. The molecule has 1 aliphatic rings. The van der Waals surface area contributed by atoms with Gasteiger partial charge in [0.05, 0.1) is 32.3 Å². The number of carbonyl (C=O) groups is 1. The molecule has 0 spiro atoms. The van der Waals surface area contributed by atoms with Crippen LogP contribution in [-0.2, 0) is 14.8 Å². The standard InChI is InChI=1S/C21H22N2O4S2/c1-2-27-21(24)15-9-11-17(12-10-15)29(25,26)23-13-5-6-16(14-23)20-22-18-7-3-4-8-19(18)28-20/h3-4,7-12,16H,2,5-6,13-14H2,1H3/t16-/m0/s1. The SMILES string of the molecule is CCOC(=O)c1ccc(S(=O)(=O)N2CCC[C@H](c3nc4ccccc4s3)C2)cc1. The van der Waals surface area contributed by atoms with Gasteiger partial charge in [-0.25, -0.2) is 18.2 Å². The Morgan fingerprint density at radius 2 is 1.97 bits per heavy atom. The average Bonchev–Trinajstić information content (AvgIpc) is 3.18. The fourth-order valence-electron chi connectivity index (χ4n) is 3.55. The van der Waals surface area contributed by atoms with Crippen LogP contribution in [0.4, 0.5) is 0 Å². The second kappa shape index (κ2) is 8.22. The van der Waals surface area contributed by atoms with Crippen LogP contribution in [0.1, 0.15) is 41.0 Å². The summed E-state index contributed by atoms with van der Waals surface area (Å²) >= 11 is 1.64. The molecule has 1 aromatic heterocycles. The molecule has 8 heteroatoms. The minimum Gasteiger partial charge on any atom is -0.462 e. The van der Waals surface area contributed by atoms with Gasteiger partial charge in [-0.3, -0.25) is 0 Å². The minimum atomic E-state index is -3.63. The van der Waals surface area contributed by atoms with E-state index >= 15 is 0 Å². The topological polar surface area (TPSA) is 76.6 Å². The number of fused-ring (bicyclic) bond motifs is 1. The van der Waals surface area contributed by atoms with Gasteiger partial charge in [-0.2, -0.15) is 4.31 Å². The van der Waals surface area contributed by atoms with Crippen molar-refractivity contribution in [3.8, 4) is 0 Å². The Bertz CT molecular complexity index is 1090. The maximum absolute atomic E-state index is 13.1. The maximum Gasteiger partial charge on any atom is 0.338 e. The number of aromatic nitrogens is 1. The van der Waals surface area contributed by atoms with E-state index in [0.29, 0.717) is 18.7 Å². The molecule has 1 saturated heterocycles. The van der Waals surface area contributed by atoms with E-state index in [-0.39, 0.29) is 17.4 Å². The Balaban J connectivity index is 1.54. The average molecular weight is 431 g/mol. The van der Waals surface area contributed by atoms with E-state index in [1.165, 1.54) is 28.6 Å². The molecular weight excluding hydrogens is 408 g/mol. The third kappa shape index (κ3) is 4.05. The molecule has 4 rings (SSSR count). The number of rotatable bonds is 5. The summed E-state index contributed by atoms with van der Waals surface area (Å²) in [5.74, 6) is -0.361. The lowest BCUT2D eigenvalue weighted by Crippen LogP contribution is -2.39. The number of benzene rings is 2. The number of hydrogen-bond donors (Lipinski definition) is 0. The molecule has 29 heavy (non-hydrogen) atoms. The van der Waals surface area contributed by atoms with E-state index < -0.39 is 16.0 Å². The van der Waals surface area contributed by atoms with Crippen molar-refractivity contribution in [1.29, 1.82) is 0 Å². The van der Waals surface area contributed by atoms with Crippen molar-refractivity contribution in [3.63, 3.8) is 0 Å². The van der Waals surface area contributed by atoms with E-state index in [4.69, 9.17) is 9.72 Å². The van der Waals surface area contributed by atoms with Gasteiger partial charge in [-0.15, -0.1) is 11.3 Å². The number of para-hydroxylation sites is 1. The third-order valence-electron chi connectivity index (χ3n) is 5.05. The first kappa shape index (κ1) is 20.0. The minimum absolute atomic E-state index is 0.0923. The third-order valence-corrected chi connectivity index (χ3v) is 8.13. The lowest BCUT2D eigenvalue weighted by atomic mass is 10.0. The molecule has 1 fully saturated rings. The van der Waals surface area contributed by atoms with Crippen LogP contribution in [0.15, 0.2) is 53.4 Å². The molecule has 0 unspecified atom stereocenters. The molecule has 6 nitrogen and oxygen atoms in total. The summed E-state index contributed by atoms with van der Waals surface area (Å²) in [5, 5.41) is 0.990. The molecular formula is C21H22N2O4S2. The van der Waals surface area contributed by atoms with Crippen LogP contribution >= 0.6 is 11.3 Å². The smallest absolute Gasteiger partial charge is 0.338 e. The number of carbonyl (C=O) groups excluding carboxylic acids is 1. The monoisotopic (exact) mass is 430 g/mol. The fourth-order valence-corrected chi connectivity index (χ4v) is 6.17. The zero-order valence-corrected chi connectivity index (χ0v) is 17.7. The number of thiazole rings is 1. The van der Waals surface area contributed by atoms with E-state index in [2.05, 4.69) is 0 Å². The Kier molecular flexibility index (Phi) is 5.67. The highest BCUT2D eigenvalue weighted by atomic mass is 32.2.